The Hall–Kier alpha value is -2.04. The second kappa shape index (κ2) is 7.11. The van der Waals surface area contributed by atoms with Gasteiger partial charge in [0.05, 0.1) is 0 Å². The molecule has 5 heteroatoms. The van der Waals surface area contributed by atoms with E-state index in [4.69, 9.17) is 0 Å². The topological polar surface area (TPSA) is 69.6 Å². The molecule has 0 aliphatic carbocycles. The van der Waals surface area contributed by atoms with Gasteiger partial charge in [-0.3, -0.25) is 0 Å². The smallest absolute Gasteiger partial charge is 0.330 e. The maximum atomic E-state index is 12.4. The van der Waals surface area contributed by atoms with Crippen molar-refractivity contribution in [2.24, 2.45) is 0 Å². The molecule has 0 radical (unpaired) electrons. The van der Waals surface area contributed by atoms with Crippen molar-refractivity contribution in [3.05, 3.63) is 35.9 Å². The molecule has 1 aromatic rings. The Balaban J connectivity index is 2.09. The molecule has 1 aliphatic rings. The van der Waals surface area contributed by atoms with Crippen LogP contribution in [0.25, 0.3) is 0 Å². The number of hydrogen-bond acceptors (Lipinski definition) is 2. The van der Waals surface area contributed by atoms with E-state index >= 15 is 0 Å². The minimum atomic E-state index is -1.04. The molecule has 1 aromatic carbocycles. The van der Waals surface area contributed by atoms with Crippen molar-refractivity contribution in [2.75, 3.05) is 6.54 Å². The molecule has 5 nitrogen and oxygen atoms in total. The number of aliphatic carboxylic acids is 1. The van der Waals surface area contributed by atoms with Gasteiger partial charge in [-0.2, -0.15) is 0 Å². The average Bonchev–Trinajstić information content (AvgIpc) is 2.69. The summed E-state index contributed by atoms with van der Waals surface area (Å²) in [6.45, 7) is 2.71. The van der Waals surface area contributed by atoms with E-state index in [1.54, 1.807) is 29.2 Å². The van der Waals surface area contributed by atoms with Gasteiger partial charge in [0.1, 0.15) is 0 Å². The standard InChI is InChI=1S/C16H22N2O3/c1-12-8-4-3-7-11-18(12)16(21)17-14(15(19)20)13-9-5-2-6-10-13/h2,5-6,9-10,12,14H,3-4,7-8,11H2,1H3,(H,17,21)(H,19,20)/t12?,14-/m0/s1. The van der Waals surface area contributed by atoms with Gasteiger partial charge in [-0.05, 0) is 25.3 Å². The quantitative estimate of drug-likeness (QED) is 0.899. The number of nitrogens with zero attached hydrogens (tertiary/aromatic N) is 1. The highest BCUT2D eigenvalue weighted by Gasteiger charge is 2.27. The first-order valence-corrected chi connectivity index (χ1v) is 7.44. The molecule has 1 saturated heterocycles. The molecule has 1 fully saturated rings. The minimum Gasteiger partial charge on any atom is -0.479 e. The van der Waals surface area contributed by atoms with Crippen molar-refractivity contribution < 1.29 is 14.7 Å². The lowest BCUT2D eigenvalue weighted by Crippen LogP contribution is -2.47. The van der Waals surface area contributed by atoms with Crippen LogP contribution in [0.5, 0.6) is 0 Å². The summed E-state index contributed by atoms with van der Waals surface area (Å²) in [5, 5.41) is 12.0. The molecule has 0 aromatic heterocycles. The number of carboxylic acids is 1. The molecular formula is C16H22N2O3. The third kappa shape index (κ3) is 3.97. The van der Waals surface area contributed by atoms with Crippen LogP contribution in [0.4, 0.5) is 4.79 Å². The molecule has 21 heavy (non-hydrogen) atoms. The van der Waals surface area contributed by atoms with Gasteiger partial charge in [-0.25, -0.2) is 9.59 Å². The minimum absolute atomic E-state index is 0.151. The normalized spacial score (nSPS) is 20.4. The van der Waals surface area contributed by atoms with Crippen molar-refractivity contribution in [1.29, 1.82) is 0 Å². The zero-order valence-corrected chi connectivity index (χ0v) is 12.3. The first kappa shape index (κ1) is 15.4. The Bertz CT molecular complexity index is 490. The molecule has 0 bridgehead atoms. The van der Waals surface area contributed by atoms with Crippen molar-refractivity contribution in [2.45, 2.75) is 44.7 Å². The van der Waals surface area contributed by atoms with E-state index in [2.05, 4.69) is 5.32 Å². The fourth-order valence-corrected chi connectivity index (χ4v) is 2.72. The van der Waals surface area contributed by atoms with Gasteiger partial charge < -0.3 is 15.3 Å². The van der Waals surface area contributed by atoms with Gasteiger partial charge >= 0.3 is 12.0 Å². The van der Waals surface area contributed by atoms with E-state index in [9.17, 15) is 14.7 Å². The van der Waals surface area contributed by atoms with Crippen LogP contribution in [0.1, 0.15) is 44.2 Å². The Morgan fingerprint density at radius 2 is 1.95 bits per heavy atom. The molecule has 1 unspecified atom stereocenters. The Morgan fingerprint density at radius 1 is 1.24 bits per heavy atom. The number of likely N-dealkylation sites (tertiary alicyclic amines) is 1. The Labute approximate surface area is 125 Å². The van der Waals surface area contributed by atoms with E-state index in [1.165, 1.54) is 0 Å². The third-order valence-electron chi connectivity index (χ3n) is 3.96. The summed E-state index contributed by atoms with van der Waals surface area (Å²) in [7, 11) is 0. The first-order valence-electron chi connectivity index (χ1n) is 7.44. The monoisotopic (exact) mass is 290 g/mol. The van der Waals surface area contributed by atoms with Crippen LogP contribution in [-0.4, -0.2) is 34.6 Å². The van der Waals surface area contributed by atoms with Crippen molar-refractivity contribution in [3.63, 3.8) is 0 Å². The van der Waals surface area contributed by atoms with Crippen LogP contribution < -0.4 is 5.32 Å². The summed E-state index contributed by atoms with van der Waals surface area (Å²) in [5.74, 6) is -1.04. The van der Waals surface area contributed by atoms with Gasteiger partial charge in [-0.15, -0.1) is 0 Å². The number of rotatable bonds is 3. The SMILES string of the molecule is CC1CCCCCN1C(=O)N[C@H](C(=O)O)c1ccccc1. The maximum absolute atomic E-state index is 12.4. The summed E-state index contributed by atoms with van der Waals surface area (Å²) >= 11 is 0. The van der Waals surface area contributed by atoms with E-state index in [-0.39, 0.29) is 12.1 Å². The number of carbonyl (C=O) groups is 2. The van der Waals surface area contributed by atoms with Crippen molar-refractivity contribution in [3.8, 4) is 0 Å². The highest BCUT2D eigenvalue weighted by Crippen LogP contribution is 2.18. The number of amides is 2. The van der Waals surface area contributed by atoms with Crippen LogP contribution >= 0.6 is 0 Å². The van der Waals surface area contributed by atoms with Gasteiger partial charge in [-0.1, -0.05) is 43.2 Å². The van der Waals surface area contributed by atoms with Crippen molar-refractivity contribution >= 4 is 12.0 Å². The number of hydrogen-bond donors (Lipinski definition) is 2. The summed E-state index contributed by atoms with van der Waals surface area (Å²) in [4.78, 5) is 25.6. The Kier molecular flexibility index (Phi) is 5.20. The summed E-state index contributed by atoms with van der Waals surface area (Å²) in [5.41, 5.74) is 0.584. The molecule has 0 saturated carbocycles. The number of urea groups is 1. The lowest BCUT2D eigenvalue weighted by molar-refractivity contribution is -0.139. The molecule has 114 valence electrons. The van der Waals surface area contributed by atoms with Crippen LogP contribution in [0, 0.1) is 0 Å². The summed E-state index contributed by atoms with van der Waals surface area (Å²) < 4.78 is 0. The number of carbonyl (C=O) groups excluding carboxylic acids is 1. The van der Waals surface area contributed by atoms with E-state index in [0.717, 1.165) is 25.7 Å². The summed E-state index contributed by atoms with van der Waals surface area (Å²) in [6, 6.07) is 7.64. The molecule has 1 aliphatic heterocycles. The second-order valence-electron chi connectivity index (χ2n) is 5.52. The Morgan fingerprint density at radius 3 is 2.62 bits per heavy atom. The number of nitrogens with one attached hydrogen (secondary N) is 1. The molecule has 2 amide bonds. The number of benzene rings is 1. The predicted octanol–water partition coefficient (Wildman–Crippen LogP) is 2.79. The van der Waals surface area contributed by atoms with E-state index in [0.29, 0.717) is 12.1 Å². The molecule has 2 N–H and O–H groups in total. The third-order valence-corrected chi connectivity index (χ3v) is 3.96. The zero-order valence-electron chi connectivity index (χ0n) is 12.3. The highest BCUT2D eigenvalue weighted by molar-refractivity contribution is 5.83. The molecule has 2 rings (SSSR count). The van der Waals surface area contributed by atoms with Gasteiger partial charge in [0.2, 0.25) is 0 Å². The van der Waals surface area contributed by atoms with Crippen LogP contribution in [0.3, 0.4) is 0 Å². The fourth-order valence-electron chi connectivity index (χ4n) is 2.72. The number of carboxylic acid groups (broad SMARTS) is 1. The second-order valence-corrected chi connectivity index (χ2v) is 5.52. The lowest BCUT2D eigenvalue weighted by Gasteiger charge is -2.29. The van der Waals surface area contributed by atoms with Crippen molar-refractivity contribution in [1.82, 2.24) is 10.2 Å². The highest BCUT2D eigenvalue weighted by atomic mass is 16.4. The molecule has 2 atom stereocenters. The van der Waals surface area contributed by atoms with E-state index in [1.807, 2.05) is 13.0 Å². The van der Waals surface area contributed by atoms with E-state index < -0.39 is 12.0 Å². The zero-order chi connectivity index (χ0) is 15.2. The molecular weight excluding hydrogens is 268 g/mol. The van der Waals surface area contributed by atoms with Crippen LogP contribution in [0.15, 0.2) is 30.3 Å². The average molecular weight is 290 g/mol. The summed E-state index contributed by atoms with van der Waals surface area (Å²) in [6.07, 6.45) is 4.18. The van der Waals surface area contributed by atoms with Crippen LogP contribution in [0.2, 0.25) is 0 Å². The van der Waals surface area contributed by atoms with Gasteiger partial charge in [0.15, 0.2) is 6.04 Å². The van der Waals surface area contributed by atoms with Crippen LogP contribution in [-0.2, 0) is 4.79 Å². The van der Waals surface area contributed by atoms with Gasteiger partial charge in [0, 0.05) is 12.6 Å². The fraction of sp³-hybridized carbons (Fsp3) is 0.500. The molecule has 0 spiro atoms. The first-order chi connectivity index (χ1) is 10.1. The maximum Gasteiger partial charge on any atom is 0.330 e. The largest absolute Gasteiger partial charge is 0.479 e. The lowest BCUT2D eigenvalue weighted by atomic mass is 10.1. The predicted molar refractivity (Wildman–Crippen MR) is 80.0 cm³/mol. The van der Waals surface area contributed by atoms with Gasteiger partial charge in [0.25, 0.3) is 0 Å². The molecule has 1 heterocycles.